The van der Waals surface area contributed by atoms with E-state index >= 15 is 0 Å². The second-order valence-corrected chi connectivity index (χ2v) is 8.20. The summed E-state index contributed by atoms with van der Waals surface area (Å²) in [6, 6.07) is 9.48. The number of aliphatic hydroxyl groups is 1. The normalized spacial score (nSPS) is 12.0. The maximum absolute atomic E-state index is 12.1. The lowest BCUT2D eigenvalue weighted by atomic mass is 9.99. The third kappa shape index (κ3) is 7.74. The average Bonchev–Trinajstić information content (AvgIpc) is 2.59. The van der Waals surface area contributed by atoms with Gasteiger partial charge < -0.3 is 10.1 Å². The number of benzene rings is 1. The molecule has 0 amide bonds. The summed E-state index contributed by atoms with van der Waals surface area (Å²) < 4.78 is 0. The standard InChI is InChI=1S/C23H35NO2/c1-23(2,26)17-13-9-7-5-3-4-6-8-10-14-19-18-22(25)20-15-11-12-16-21(20)24-19/h11-12,15-16,18,26H,3-10,13-14,17H2,1-2H3,(H,24,25). The first-order chi connectivity index (χ1) is 12.5. The van der Waals surface area contributed by atoms with Crippen molar-refractivity contribution in [1.29, 1.82) is 0 Å². The van der Waals surface area contributed by atoms with Crippen LogP contribution in [0.1, 0.15) is 83.7 Å². The summed E-state index contributed by atoms with van der Waals surface area (Å²) in [4.78, 5) is 15.5. The molecule has 2 aromatic rings. The number of aryl methyl sites for hydroxylation is 1. The van der Waals surface area contributed by atoms with Crippen molar-refractivity contribution >= 4 is 10.9 Å². The molecule has 2 N–H and O–H groups in total. The van der Waals surface area contributed by atoms with Crippen LogP contribution in [0.2, 0.25) is 0 Å². The summed E-state index contributed by atoms with van der Waals surface area (Å²) in [5.41, 5.74) is 1.62. The van der Waals surface area contributed by atoms with Crippen LogP contribution < -0.4 is 5.43 Å². The zero-order valence-electron chi connectivity index (χ0n) is 16.5. The first-order valence-corrected chi connectivity index (χ1v) is 10.3. The molecular formula is C23H35NO2. The molecule has 1 aromatic heterocycles. The first kappa shape index (κ1) is 20.7. The largest absolute Gasteiger partial charge is 0.390 e. The van der Waals surface area contributed by atoms with E-state index < -0.39 is 5.60 Å². The number of H-pyrrole nitrogens is 1. The maximum Gasteiger partial charge on any atom is 0.189 e. The molecule has 0 fully saturated rings. The van der Waals surface area contributed by atoms with E-state index in [2.05, 4.69) is 4.98 Å². The van der Waals surface area contributed by atoms with E-state index in [1.54, 1.807) is 6.07 Å². The van der Waals surface area contributed by atoms with Gasteiger partial charge in [0.25, 0.3) is 0 Å². The van der Waals surface area contributed by atoms with Crippen molar-refractivity contribution in [1.82, 2.24) is 4.98 Å². The Balaban J connectivity index is 1.53. The van der Waals surface area contributed by atoms with Crippen molar-refractivity contribution in [2.24, 2.45) is 0 Å². The number of para-hydroxylation sites is 1. The van der Waals surface area contributed by atoms with Gasteiger partial charge in [-0.05, 0) is 45.2 Å². The first-order valence-electron chi connectivity index (χ1n) is 10.3. The third-order valence-corrected chi connectivity index (χ3v) is 5.03. The summed E-state index contributed by atoms with van der Waals surface area (Å²) in [5.74, 6) is 0. The van der Waals surface area contributed by atoms with Crippen molar-refractivity contribution < 1.29 is 5.11 Å². The maximum atomic E-state index is 12.1. The number of unbranched alkanes of at least 4 members (excludes halogenated alkanes) is 8. The SMILES string of the molecule is CC(C)(O)CCCCCCCCCCCc1cc(=O)c2ccccc2[nH]1. The minimum atomic E-state index is -0.505. The molecule has 1 heterocycles. The second-order valence-electron chi connectivity index (χ2n) is 8.20. The van der Waals surface area contributed by atoms with Gasteiger partial charge in [0.15, 0.2) is 5.43 Å². The van der Waals surface area contributed by atoms with E-state index in [9.17, 15) is 9.90 Å². The van der Waals surface area contributed by atoms with Crippen LogP contribution in [0.4, 0.5) is 0 Å². The smallest absolute Gasteiger partial charge is 0.189 e. The average molecular weight is 358 g/mol. The highest BCUT2D eigenvalue weighted by Gasteiger charge is 2.10. The van der Waals surface area contributed by atoms with Gasteiger partial charge in [0, 0.05) is 22.7 Å². The van der Waals surface area contributed by atoms with Crippen molar-refractivity contribution in [3.05, 3.63) is 46.2 Å². The van der Waals surface area contributed by atoms with Gasteiger partial charge >= 0.3 is 0 Å². The Kier molecular flexibility index (Phi) is 8.37. The summed E-state index contributed by atoms with van der Waals surface area (Å²) in [5, 5.41) is 10.4. The Morgan fingerprint density at radius 1 is 0.885 bits per heavy atom. The molecule has 3 heteroatoms. The van der Waals surface area contributed by atoms with Crippen LogP contribution in [-0.4, -0.2) is 15.7 Å². The monoisotopic (exact) mass is 357 g/mol. The molecule has 26 heavy (non-hydrogen) atoms. The predicted octanol–water partition coefficient (Wildman–Crippen LogP) is 5.74. The Morgan fingerprint density at radius 2 is 1.46 bits per heavy atom. The van der Waals surface area contributed by atoms with E-state index in [1.165, 1.54) is 44.9 Å². The Labute approximate surface area is 157 Å². The number of aromatic amines is 1. The number of hydrogen-bond donors (Lipinski definition) is 2. The van der Waals surface area contributed by atoms with Crippen LogP contribution in [-0.2, 0) is 6.42 Å². The lowest BCUT2D eigenvalue weighted by molar-refractivity contribution is 0.0680. The zero-order chi connectivity index (χ0) is 18.8. The van der Waals surface area contributed by atoms with E-state index in [-0.39, 0.29) is 5.43 Å². The van der Waals surface area contributed by atoms with Crippen LogP contribution >= 0.6 is 0 Å². The lowest BCUT2D eigenvalue weighted by Gasteiger charge is -2.16. The van der Waals surface area contributed by atoms with Gasteiger partial charge in [-0.15, -0.1) is 0 Å². The van der Waals surface area contributed by atoms with Gasteiger partial charge in [0.1, 0.15) is 0 Å². The highest BCUT2D eigenvalue weighted by molar-refractivity contribution is 5.78. The van der Waals surface area contributed by atoms with E-state index in [0.717, 1.165) is 42.3 Å². The molecule has 0 unspecified atom stereocenters. The van der Waals surface area contributed by atoms with E-state index in [1.807, 2.05) is 38.1 Å². The molecule has 0 atom stereocenters. The fourth-order valence-electron chi connectivity index (χ4n) is 3.50. The quantitative estimate of drug-likeness (QED) is 0.476. The molecule has 3 nitrogen and oxygen atoms in total. The summed E-state index contributed by atoms with van der Waals surface area (Å²) in [7, 11) is 0. The minimum absolute atomic E-state index is 0.124. The van der Waals surface area contributed by atoms with Gasteiger partial charge in [-0.3, -0.25) is 4.79 Å². The van der Waals surface area contributed by atoms with Crippen LogP contribution in [0, 0.1) is 0 Å². The van der Waals surface area contributed by atoms with Crippen LogP contribution in [0.3, 0.4) is 0 Å². The van der Waals surface area contributed by atoms with Gasteiger partial charge in [0.05, 0.1) is 5.60 Å². The van der Waals surface area contributed by atoms with Crippen LogP contribution in [0.15, 0.2) is 35.1 Å². The highest BCUT2D eigenvalue weighted by Crippen LogP contribution is 2.16. The fraction of sp³-hybridized carbons (Fsp3) is 0.609. The molecule has 0 spiro atoms. The van der Waals surface area contributed by atoms with Gasteiger partial charge in [0.2, 0.25) is 0 Å². The van der Waals surface area contributed by atoms with Crippen molar-refractivity contribution in [2.75, 3.05) is 0 Å². The molecule has 0 radical (unpaired) electrons. The summed E-state index contributed by atoms with van der Waals surface area (Å²) in [6.45, 7) is 3.78. The number of rotatable bonds is 12. The van der Waals surface area contributed by atoms with Crippen LogP contribution in [0.25, 0.3) is 10.9 Å². The summed E-state index contributed by atoms with van der Waals surface area (Å²) >= 11 is 0. The molecule has 0 aliphatic heterocycles. The molecule has 0 aliphatic carbocycles. The third-order valence-electron chi connectivity index (χ3n) is 5.03. The lowest BCUT2D eigenvalue weighted by Crippen LogP contribution is -2.17. The Bertz CT molecular complexity index is 712. The topological polar surface area (TPSA) is 53.1 Å². The number of pyridine rings is 1. The number of fused-ring (bicyclic) bond motifs is 1. The van der Waals surface area contributed by atoms with Crippen molar-refractivity contribution in [2.45, 2.75) is 90.1 Å². The van der Waals surface area contributed by atoms with Crippen molar-refractivity contribution in [3.8, 4) is 0 Å². The molecular weight excluding hydrogens is 322 g/mol. The molecule has 0 saturated heterocycles. The highest BCUT2D eigenvalue weighted by atomic mass is 16.3. The minimum Gasteiger partial charge on any atom is -0.390 e. The Hall–Kier alpha value is -1.61. The molecule has 0 bridgehead atoms. The van der Waals surface area contributed by atoms with Crippen molar-refractivity contribution in [3.63, 3.8) is 0 Å². The van der Waals surface area contributed by atoms with Gasteiger partial charge in [-0.2, -0.15) is 0 Å². The molecule has 2 rings (SSSR count). The number of aromatic nitrogens is 1. The molecule has 0 saturated carbocycles. The Morgan fingerprint density at radius 3 is 2.12 bits per heavy atom. The molecule has 0 aliphatic rings. The predicted molar refractivity (Wildman–Crippen MR) is 111 cm³/mol. The van der Waals surface area contributed by atoms with Gasteiger partial charge in [-0.1, -0.05) is 63.5 Å². The summed E-state index contributed by atoms with van der Waals surface area (Å²) in [6.07, 6.45) is 13.1. The fourth-order valence-corrected chi connectivity index (χ4v) is 3.50. The van der Waals surface area contributed by atoms with E-state index in [0.29, 0.717) is 0 Å². The second kappa shape index (κ2) is 10.5. The number of hydrogen-bond acceptors (Lipinski definition) is 2. The van der Waals surface area contributed by atoms with Crippen LogP contribution in [0.5, 0.6) is 0 Å². The number of nitrogens with one attached hydrogen (secondary N) is 1. The molecule has 1 aromatic carbocycles. The molecule has 144 valence electrons. The zero-order valence-corrected chi connectivity index (χ0v) is 16.5. The van der Waals surface area contributed by atoms with Gasteiger partial charge in [-0.25, -0.2) is 0 Å². The van der Waals surface area contributed by atoms with E-state index in [4.69, 9.17) is 0 Å².